The van der Waals surface area contributed by atoms with Crippen LogP contribution >= 0.6 is 0 Å². The number of hydrogen-bond donors (Lipinski definition) is 1. The van der Waals surface area contributed by atoms with E-state index in [9.17, 15) is 9.90 Å². The third kappa shape index (κ3) is 3.53. The fraction of sp³-hybridized carbons (Fsp3) is 0.667. The standard InChI is InChI=1S/C15H24O2/c1-10(2)6-5-7-11(3)13-8-15(17)12(4)14(13)9-16/h6,12-14,16H,3,5,7-9H2,1-2,4H3/t12-,13-,14-/m1/s1. The van der Waals surface area contributed by atoms with Crippen LogP contribution in [0.25, 0.3) is 0 Å². The molecule has 0 aromatic carbocycles. The Hall–Kier alpha value is -0.890. The molecule has 2 heteroatoms. The summed E-state index contributed by atoms with van der Waals surface area (Å²) < 4.78 is 0. The van der Waals surface area contributed by atoms with Crippen molar-refractivity contribution in [3.8, 4) is 0 Å². The molecular weight excluding hydrogens is 212 g/mol. The zero-order valence-electron chi connectivity index (χ0n) is 11.2. The lowest BCUT2D eigenvalue weighted by Crippen LogP contribution is -2.19. The van der Waals surface area contributed by atoms with Crippen molar-refractivity contribution in [1.82, 2.24) is 0 Å². The third-order valence-electron chi connectivity index (χ3n) is 3.84. The van der Waals surface area contributed by atoms with Gasteiger partial charge in [-0.2, -0.15) is 0 Å². The van der Waals surface area contributed by atoms with Crippen molar-refractivity contribution < 1.29 is 9.90 Å². The van der Waals surface area contributed by atoms with Crippen molar-refractivity contribution in [3.05, 3.63) is 23.8 Å². The molecule has 1 rings (SSSR count). The summed E-state index contributed by atoms with van der Waals surface area (Å²) in [4.78, 5) is 11.7. The number of hydrogen-bond acceptors (Lipinski definition) is 2. The zero-order valence-corrected chi connectivity index (χ0v) is 11.2. The minimum absolute atomic E-state index is 0.00907. The van der Waals surface area contributed by atoms with Gasteiger partial charge in [-0.15, -0.1) is 0 Å². The lowest BCUT2D eigenvalue weighted by atomic mass is 9.84. The van der Waals surface area contributed by atoms with Crippen molar-refractivity contribution in [1.29, 1.82) is 0 Å². The van der Waals surface area contributed by atoms with Gasteiger partial charge in [-0.1, -0.05) is 30.7 Å². The normalized spacial score (nSPS) is 28.2. The quantitative estimate of drug-likeness (QED) is 0.745. The first kappa shape index (κ1) is 14.2. The molecule has 0 bridgehead atoms. The number of rotatable bonds is 5. The van der Waals surface area contributed by atoms with E-state index >= 15 is 0 Å². The summed E-state index contributed by atoms with van der Waals surface area (Å²) in [6, 6.07) is 0. The highest BCUT2D eigenvalue weighted by atomic mass is 16.3. The number of carbonyl (C=O) groups excluding carboxylic acids is 1. The molecule has 1 aliphatic rings. The van der Waals surface area contributed by atoms with E-state index in [1.165, 1.54) is 5.57 Å². The van der Waals surface area contributed by atoms with Crippen LogP contribution in [0.3, 0.4) is 0 Å². The summed E-state index contributed by atoms with van der Waals surface area (Å²) >= 11 is 0. The van der Waals surface area contributed by atoms with Gasteiger partial charge in [0.15, 0.2) is 0 Å². The Morgan fingerprint density at radius 1 is 1.53 bits per heavy atom. The summed E-state index contributed by atoms with van der Waals surface area (Å²) in [6.45, 7) is 10.3. The van der Waals surface area contributed by atoms with E-state index in [1.54, 1.807) is 0 Å². The molecule has 0 aromatic heterocycles. The highest BCUT2D eigenvalue weighted by Gasteiger charge is 2.39. The average Bonchev–Trinajstić information content (AvgIpc) is 2.54. The fourth-order valence-corrected chi connectivity index (χ4v) is 2.61. The fourth-order valence-electron chi connectivity index (χ4n) is 2.61. The van der Waals surface area contributed by atoms with E-state index < -0.39 is 0 Å². The van der Waals surface area contributed by atoms with Gasteiger partial charge in [0.25, 0.3) is 0 Å². The van der Waals surface area contributed by atoms with E-state index in [0.717, 1.165) is 18.4 Å². The Bertz CT molecular complexity index is 324. The smallest absolute Gasteiger partial charge is 0.136 e. The van der Waals surface area contributed by atoms with Gasteiger partial charge in [0.05, 0.1) is 0 Å². The van der Waals surface area contributed by atoms with Crippen molar-refractivity contribution in [2.45, 2.75) is 40.0 Å². The van der Waals surface area contributed by atoms with Gasteiger partial charge in [-0.3, -0.25) is 4.79 Å². The molecule has 1 aliphatic carbocycles. The lowest BCUT2D eigenvalue weighted by Gasteiger charge is -2.21. The Morgan fingerprint density at radius 2 is 2.18 bits per heavy atom. The average molecular weight is 236 g/mol. The van der Waals surface area contributed by atoms with E-state index in [4.69, 9.17) is 0 Å². The molecule has 0 amide bonds. The van der Waals surface area contributed by atoms with Crippen molar-refractivity contribution in [3.63, 3.8) is 0 Å². The molecule has 1 N–H and O–H groups in total. The first-order valence-corrected chi connectivity index (χ1v) is 6.42. The maximum atomic E-state index is 11.7. The van der Waals surface area contributed by atoms with Crippen LogP contribution in [-0.4, -0.2) is 17.5 Å². The summed E-state index contributed by atoms with van der Waals surface area (Å²) in [5.41, 5.74) is 2.44. The number of carbonyl (C=O) groups is 1. The van der Waals surface area contributed by atoms with Crippen LogP contribution in [0.15, 0.2) is 23.8 Å². The van der Waals surface area contributed by atoms with Crippen LogP contribution in [0.2, 0.25) is 0 Å². The monoisotopic (exact) mass is 236 g/mol. The molecule has 0 unspecified atom stereocenters. The van der Waals surface area contributed by atoms with Crippen molar-refractivity contribution in [2.24, 2.45) is 17.8 Å². The van der Waals surface area contributed by atoms with Gasteiger partial charge in [0.1, 0.15) is 5.78 Å². The third-order valence-corrected chi connectivity index (χ3v) is 3.84. The Kier molecular flexibility index (Phi) is 5.13. The first-order chi connectivity index (χ1) is 7.97. The second-order valence-electron chi connectivity index (χ2n) is 5.39. The number of aliphatic hydroxyl groups is 1. The van der Waals surface area contributed by atoms with Crippen LogP contribution < -0.4 is 0 Å². The van der Waals surface area contributed by atoms with E-state index in [0.29, 0.717) is 6.42 Å². The zero-order chi connectivity index (χ0) is 13.0. The molecule has 2 nitrogen and oxygen atoms in total. The van der Waals surface area contributed by atoms with Gasteiger partial charge in [-0.05, 0) is 38.5 Å². The molecule has 0 spiro atoms. The molecule has 3 atom stereocenters. The molecule has 1 saturated carbocycles. The van der Waals surface area contributed by atoms with Crippen molar-refractivity contribution >= 4 is 5.78 Å². The van der Waals surface area contributed by atoms with Crippen LogP contribution in [0.1, 0.15) is 40.0 Å². The minimum Gasteiger partial charge on any atom is -0.396 e. The minimum atomic E-state index is -0.00907. The molecule has 0 heterocycles. The summed E-state index contributed by atoms with van der Waals surface area (Å²) in [5, 5.41) is 9.38. The molecular formula is C15H24O2. The van der Waals surface area contributed by atoms with Gasteiger partial charge < -0.3 is 5.11 Å². The number of Topliss-reactive ketones (excluding diaryl/α,β-unsaturated/α-hetero) is 1. The Labute approximate surface area is 104 Å². The van der Waals surface area contributed by atoms with E-state index in [1.807, 2.05) is 6.92 Å². The van der Waals surface area contributed by atoms with Crippen LogP contribution in [0, 0.1) is 17.8 Å². The predicted molar refractivity (Wildman–Crippen MR) is 70.7 cm³/mol. The van der Waals surface area contributed by atoms with Crippen LogP contribution in [0.5, 0.6) is 0 Å². The van der Waals surface area contributed by atoms with Crippen molar-refractivity contribution in [2.75, 3.05) is 6.61 Å². The molecule has 0 aliphatic heterocycles. The number of allylic oxidation sites excluding steroid dienone is 3. The van der Waals surface area contributed by atoms with Gasteiger partial charge >= 0.3 is 0 Å². The summed E-state index contributed by atoms with van der Waals surface area (Å²) in [6.07, 6.45) is 4.67. The predicted octanol–water partition coefficient (Wildman–Crippen LogP) is 3.12. The lowest BCUT2D eigenvalue weighted by molar-refractivity contribution is -0.121. The maximum Gasteiger partial charge on any atom is 0.136 e. The largest absolute Gasteiger partial charge is 0.396 e. The summed E-state index contributed by atoms with van der Waals surface area (Å²) in [5.74, 6) is 0.539. The second-order valence-corrected chi connectivity index (χ2v) is 5.39. The first-order valence-electron chi connectivity index (χ1n) is 6.42. The summed E-state index contributed by atoms with van der Waals surface area (Å²) in [7, 11) is 0. The van der Waals surface area contributed by atoms with Gasteiger partial charge in [0, 0.05) is 18.9 Å². The maximum absolute atomic E-state index is 11.7. The van der Waals surface area contributed by atoms with Crippen LogP contribution in [0.4, 0.5) is 0 Å². The van der Waals surface area contributed by atoms with Gasteiger partial charge in [-0.25, -0.2) is 0 Å². The number of ketones is 1. The Balaban J connectivity index is 2.57. The molecule has 96 valence electrons. The van der Waals surface area contributed by atoms with E-state index in [-0.39, 0.29) is 30.1 Å². The van der Waals surface area contributed by atoms with Gasteiger partial charge in [0.2, 0.25) is 0 Å². The SMILES string of the molecule is C=C(CCC=C(C)C)[C@H]1CC(=O)[C@H](C)[C@H]1CO. The highest BCUT2D eigenvalue weighted by molar-refractivity contribution is 5.84. The van der Waals surface area contributed by atoms with E-state index in [2.05, 4.69) is 26.5 Å². The highest BCUT2D eigenvalue weighted by Crippen LogP contribution is 2.39. The molecule has 17 heavy (non-hydrogen) atoms. The molecule has 0 aromatic rings. The molecule has 1 fully saturated rings. The van der Waals surface area contributed by atoms with Crippen LogP contribution in [-0.2, 0) is 4.79 Å². The topological polar surface area (TPSA) is 37.3 Å². The molecule has 0 radical (unpaired) electrons. The Morgan fingerprint density at radius 3 is 2.71 bits per heavy atom. The second kappa shape index (κ2) is 6.15. The number of aliphatic hydroxyl groups excluding tert-OH is 1. The molecule has 0 saturated heterocycles.